The van der Waals surface area contributed by atoms with Gasteiger partial charge >= 0.3 is 0 Å². The molecule has 0 fully saturated rings. The van der Waals surface area contributed by atoms with Crippen molar-refractivity contribution in [1.29, 1.82) is 0 Å². The van der Waals surface area contributed by atoms with E-state index in [1.807, 2.05) is 29.7 Å². The van der Waals surface area contributed by atoms with Crippen molar-refractivity contribution in [2.45, 2.75) is 19.4 Å². The minimum atomic E-state index is 0.321. The van der Waals surface area contributed by atoms with Crippen molar-refractivity contribution in [3.8, 4) is 0 Å². The second-order valence-electron chi connectivity index (χ2n) is 3.76. The molecule has 0 saturated heterocycles. The monoisotopic (exact) mass is 232 g/mol. The van der Waals surface area contributed by atoms with Crippen LogP contribution in [0.25, 0.3) is 0 Å². The van der Waals surface area contributed by atoms with E-state index in [0.29, 0.717) is 6.04 Å². The first kappa shape index (κ1) is 11.3. The van der Waals surface area contributed by atoms with E-state index in [0.717, 1.165) is 18.7 Å². The van der Waals surface area contributed by atoms with Gasteiger partial charge in [-0.1, -0.05) is 12.1 Å². The van der Waals surface area contributed by atoms with E-state index < -0.39 is 0 Å². The number of nitrogens with zero attached hydrogens (tertiary/aromatic N) is 1. The maximum atomic E-state index is 4.33. The fourth-order valence-electron chi connectivity index (χ4n) is 1.60. The summed E-state index contributed by atoms with van der Waals surface area (Å²) in [5, 5.41) is 5.60. The van der Waals surface area contributed by atoms with Crippen molar-refractivity contribution in [2.24, 2.45) is 0 Å². The van der Waals surface area contributed by atoms with Gasteiger partial charge in [-0.25, -0.2) is 0 Å². The summed E-state index contributed by atoms with van der Waals surface area (Å²) in [5.41, 5.74) is 1.11. The van der Waals surface area contributed by atoms with E-state index in [9.17, 15) is 0 Å². The van der Waals surface area contributed by atoms with Crippen molar-refractivity contribution in [2.75, 3.05) is 6.54 Å². The Morgan fingerprint density at radius 2 is 2.25 bits per heavy atom. The molecule has 0 aliphatic rings. The van der Waals surface area contributed by atoms with E-state index >= 15 is 0 Å². The molecule has 0 bridgehead atoms. The quantitative estimate of drug-likeness (QED) is 0.857. The second kappa shape index (κ2) is 5.77. The van der Waals surface area contributed by atoms with Gasteiger partial charge in [-0.3, -0.25) is 4.98 Å². The van der Waals surface area contributed by atoms with Crippen LogP contribution in [0.3, 0.4) is 0 Å². The number of hydrogen-bond acceptors (Lipinski definition) is 3. The molecule has 0 radical (unpaired) electrons. The highest BCUT2D eigenvalue weighted by Gasteiger charge is 2.04. The number of nitrogens with one attached hydrogen (secondary N) is 1. The largest absolute Gasteiger partial charge is 0.308 e. The summed E-state index contributed by atoms with van der Waals surface area (Å²) in [6.45, 7) is 3.15. The lowest BCUT2D eigenvalue weighted by atomic mass is 10.2. The Hall–Kier alpha value is -1.19. The molecule has 2 nitrogen and oxygen atoms in total. The van der Waals surface area contributed by atoms with Gasteiger partial charge in [0.05, 0.1) is 5.69 Å². The molecule has 1 atom stereocenters. The summed E-state index contributed by atoms with van der Waals surface area (Å²) in [6.07, 6.45) is 2.93. The molecule has 2 rings (SSSR count). The maximum Gasteiger partial charge on any atom is 0.0570 e. The first-order valence-corrected chi connectivity index (χ1v) is 6.41. The first-order chi connectivity index (χ1) is 7.86. The summed E-state index contributed by atoms with van der Waals surface area (Å²) >= 11 is 1.81. The van der Waals surface area contributed by atoms with Gasteiger partial charge in [0.1, 0.15) is 0 Å². The maximum absolute atomic E-state index is 4.33. The average molecular weight is 232 g/mol. The molecule has 84 valence electrons. The van der Waals surface area contributed by atoms with Crippen LogP contribution in [0.2, 0.25) is 0 Å². The molecule has 3 heteroatoms. The van der Waals surface area contributed by atoms with Crippen LogP contribution in [0.4, 0.5) is 0 Å². The predicted octanol–water partition coefficient (Wildman–Crippen LogP) is 3.04. The zero-order valence-electron chi connectivity index (χ0n) is 9.39. The van der Waals surface area contributed by atoms with E-state index in [2.05, 4.69) is 40.8 Å². The van der Waals surface area contributed by atoms with Gasteiger partial charge in [-0.05, 0) is 36.9 Å². The number of thiophene rings is 1. The van der Waals surface area contributed by atoms with Crippen LogP contribution in [0.5, 0.6) is 0 Å². The summed E-state index contributed by atoms with van der Waals surface area (Å²) in [6, 6.07) is 10.6. The molecule has 0 aliphatic carbocycles. The highest BCUT2D eigenvalue weighted by Crippen LogP contribution is 2.10. The van der Waals surface area contributed by atoms with Crippen molar-refractivity contribution in [3.63, 3.8) is 0 Å². The van der Waals surface area contributed by atoms with Crippen molar-refractivity contribution in [3.05, 3.63) is 52.5 Å². The molecule has 16 heavy (non-hydrogen) atoms. The van der Waals surface area contributed by atoms with Crippen LogP contribution in [-0.2, 0) is 6.42 Å². The number of pyridine rings is 1. The van der Waals surface area contributed by atoms with E-state index in [1.165, 1.54) is 4.88 Å². The van der Waals surface area contributed by atoms with Crippen molar-refractivity contribution in [1.82, 2.24) is 10.3 Å². The summed E-state index contributed by atoms with van der Waals surface area (Å²) in [7, 11) is 0. The Labute approximate surface area is 100 Å². The summed E-state index contributed by atoms with van der Waals surface area (Å²) in [5.74, 6) is 0. The predicted molar refractivity (Wildman–Crippen MR) is 68.7 cm³/mol. The minimum Gasteiger partial charge on any atom is -0.308 e. The second-order valence-corrected chi connectivity index (χ2v) is 4.79. The summed E-state index contributed by atoms with van der Waals surface area (Å²) in [4.78, 5) is 5.77. The Morgan fingerprint density at radius 1 is 1.31 bits per heavy atom. The van der Waals surface area contributed by atoms with Gasteiger partial charge in [0.25, 0.3) is 0 Å². The lowest BCUT2D eigenvalue weighted by Gasteiger charge is -2.12. The van der Waals surface area contributed by atoms with E-state index in [4.69, 9.17) is 0 Å². The van der Waals surface area contributed by atoms with Gasteiger partial charge in [0.2, 0.25) is 0 Å². The first-order valence-electron chi connectivity index (χ1n) is 5.53. The fourth-order valence-corrected chi connectivity index (χ4v) is 2.31. The molecule has 1 N–H and O–H groups in total. The molecule has 0 unspecified atom stereocenters. The standard InChI is InChI=1S/C13H16N2S/c1-11(13-6-2-3-8-15-13)14-9-7-12-5-4-10-16-12/h2-6,8,10-11,14H,7,9H2,1H3/t11-/m1/s1. The normalized spacial score (nSPS) is 12.6. The Kier molecular flexibility index (Phi) is 4.08. The Balaban J connectivity index is 1.78. The minimum absolute atomic E-state index is 0.321. The zero-order valence-corrected chi connectivity index (χ0v) is 10.2. The molecule has 0 spiro atoms. The third kappa shape index (κ3) is 3.15. The molecular weight excluding hydrogens is 216 g/mol. The molecule has 2 heterocycles. The third-order valence-electron chi connectivity index (χ3n) is 2.53. The molecule has 0 saturated carbocycles. The number of aromatic nitrogens is 1. The Morgan fingerprint density at radius 3 is 2.94 bits per heavy atom. The van der Waals surface area contributed by atoms with Crippen LogP contribution in [0.15, 0.2) is 41.9 Å². The molecule has 0 amide bonds. The van der Waals surface area contributed by atoms with E-state index in [-0.39, 0.29) is 0 Å². The van der Waals surface area contributed by atoms with Crippen LogP contribution in [-0.4, -0.2) is 11.5 Å². The molecule has 0 aliphatic heterocycles. The van der Waals surface area contributed by atoms with Gasteiger partial charge in [-0.15, -0.1) is 11.3 Å². The molecule has 2 aromatic heterocycles. The van der Waals surface area contributed by atoms with Gasteiger partial charge in [0.15, 0.2) is 0 Å². The molecular formula is C13H16N2S. The van der Waals surface area contributed by atoms with E-state index in [1.54, 1.807) is 0 Å². The Bertz CT molecular complexity index is 397. The van der Waals surface area contributed by atoms with Crippen LogP contribution >= 0.6 is 11.3 Å². The van der Waals surface area contributed by atoms with Gasteiger partial charge < -0.3 is 5.32 Å². The number of rotatable bonds is 5. The van der Waals surface area contributed by atoms with Gasteiger partial charge in [-0.2, -0.15) is 0 Å². The summed E-state index contributed by atoms with van der Waals surface area (Å²) < 4.78 is 0. The highest BCUT2D eigenvalue weighted by molar-refractivity contribution is 7.09. The average Bonchev–Trinajstić information content (AvgIpc) is 2.83. The smallest absolute Gasteiger partial charge is 0.0570 e. The topological polar surface area (TPSA) is 24.9 Å². The van der Waals surface area contributed by atoms with Crippen LogP contribution in [0, 0.1) is 0 Å². The highest BCUT2D eigenvalue weighted by atomic mass is 32.1. The molecule has 2 aromatic rings. The van der Waals surface area contributed by atoms with Crippen LogP contribution < -0.4 is 5.32 Å². The van der Waals surface area contributed by atoms with Crippen molar-refractivity contribution >= 4 is 11.3 Å². The molecule has 0 aromatic carbocycles. The lowest BCUT2D eigenvalue weighted by Crippen LogP contribution is -2.21. The third-order valence-corrected chi connectivity index (χ3v) is 3.47. The number of hydrogen-bond donors (Lipinski definition) is 1. The zero-order chi connectivity index (χ0) is 11.2. The fraction of sp³-hybridized carbons (Fsp3) is 0.308. The lowest BCUT2D eigenvalue weighted by molar-refractivity contribution is 0.566. The van der Waals surface area contributed by atoms with Crippen molar-refractivity contribution < 1.29 is 0 Å². The van der Waals surface area contributed by atoms with Crippen LogP contribution in [0.1, 0.15) is 23.5 Å². The van der Waals surface area contributed by atoms with Gasteiger partial charge in [0, 0.05) is 23.7 Å². The SMILES string of the molecule is C[C@@H](NCCc1cccs1)c1ccccn1.